The standard InChI is InChI=1S/C20H35N3O3S/c1-5-13-22(14-6-2)15-12-21-20(24)23(18(3)4)16-17-27(25,26)19-10-8-7-9-11-19/h7-11,18H,5-6,12-17H2,1-4H3,(H,21,24). The van der Waals surface area contributed by atoms with Crippen LogP contribution in [0.25, 0.3) is 0 Å². The van der Waals surface area contributed by atoms with Crippen LogP contribution in [0.5, 0.6) is 0 Å². The lowest BCUT2D eigenvalue weighted by molar-refractivity contribution is 0.184. The van der Waals surface area contributed by atoms with Gasteiger partial charge in [-0.1, -0.05) is 32.0 Å². The van der Waals surface area contributed by atoms with Crippen LogP contribution in [-0.4, -0.2) is 68.8 Å². The summed E-state index contributed by atoms with van der Waals surface area (Å²) in [6, 6.07) is 8.10. The number of amides is 2. The zero-order chi connectivity index (χ0) is 20.3. The molecule has 0 fully saturated rings. The molecule has 0 bridgehead atoms. The highest BCUT2D eigenvalue weighted by Crippen LogP contribution is 2.11. The van der Waals surface area contributed by atoms with Crippen LogP contribution in [0.3, 0.4) is 0 Å². The third kappa shape index (κ3) is 8.30. The van der Waals surface area contributed by atoms with Crippen LogP contribution in [0, 0.1) is 0 Å². The molecule has 7 heteroatoms. The molecule has 0 atom stereocenters. The molecule has 0 saturated heterocycles. The van der Waals surface area contributed by atoms with Gasteiger partial charge in [-0.3, -0.25) is 0 Å². The Morgan fingerprint density at radius 2 is 1.59 bits per heavy atom. The van der Waals surface area contributed by atoms with Gasteiger partial charge in [0.2, 0.25) is 0 Å². The Bertz CT molecular complexity index is 642. The Balaban J connectivity index is 2.58. The summed E-state index contributed by atoms with van der Waals surface area (Å²) in [7, 11) is -3.40. The maximum absolute atomic E-state index is 12.5. The molecule has 0 radical (unpaired) electrons. The highest BCUT2D eigenvalue weighted by molar-refractivity contribution is 7.91. The molecule has 0 aliphatic carbocycles. The number of hydrogen-bond acceptors (Lipinski definition) is 4. The van der Waals surface area contributed by atoms with E-state index in [1.54, 1.807) is 35.2 Å². The van der Waals surface area contributed by atoms with Gasteiger partial charge in [0.15, 0.2) is 9.84 Å². The second-order valence-corrected chi connectivity index (χ2v) is 9.10. The van der Waals surface area contributed by atoms with Gasteiger partial charge in [0.25, 0.3) is 0 Å². The lowest BCUT2D eigenvalue weighted by atomic mass is 10.3. The van der Waals surface area contributed by atoms with Crippen molar-refractivity contribution in [3.63, 3.8) is 0 Å². The molecule has 0 aliphatic heterocycles. The maximum atomic E-state index is 12.5. The van der Waals surface area contributed by atoms with Gasteiger partial charge in [-0.05, 0) is 51.9 Å². The van der Waals surface area contributed by atoms with Crippen LogP contribution in [0.4, 0.5) is 4.79 Å². The Labute approximate surface area is 164 Å². The fourth-order valence-corrected chi connectivity index (χ4v) is 4.19. The molecule has 1 N–H and O–H groups in total. The van der Waals surface area contributed by atoms with Crippen LogP contribution < -0.4 is 5.32 Å². The van der Waals surface area contributed by atoms with E-state index in [0.717, 1.165) is 32.5 Å². The van der Waals surface area contributed by atoms with E-state index >= 15 is 0 Å². The fourth-order valence-electron chi connectivity index (χ4n) is 2.95. The molecule has 0 saturated carbocycles. The molecule has 154 valence electrons. The van der Waals surface area contributed by atoms with E-state index in [9.17, 15) is 13.2 Å². The monoisotopic (exact) mass is 397 g/mol. The van der Waals surface area contributed by atoms with Gasteiger partial charge >= 0.3 is 6.03 Å². The fraction of sp³-hybridized carbons (Fsp3) is 0.650. The predicted octanol–water partition coefficient (Wildman–Crippen LogP) is 3.00. The molecule has 0 heterocycles. The van der Waals surface area contributed by atoms with Crippen molar-refractivity contribution < 1.29 is 13.2 Å². The van der Waals surface area contributed by atoms with E-state index in [-0.39, 0.29) is 24.4 Å². The molecule has 2 amide bonds. The summed E-state index contributed by atoms with van der Waals surface area (Å²) in [6.45, 7) is 11.7. The second kappa shape index (κ2) is 12.0. The Morgan fingerprint density at radius 1 is 1.00 bits per heavy atom. The van der Waals surface area contributed by atoms with E-state index in [1.165, 1.54) is 0 Å². The first-order valence-electron chi connectivity index (χ1n) is 9.86. The number of benzene rings is 1. The molecule has 0 unspecified atom stereocenters. The number of nitrogens with one attached hydrogen (secondary N) is 1. The summed E-state index contributed by atoms with van der Waals surface area (Å²) >= 11 is 0. The zero-order valence-electron chi connectivity index (χ0n) is 17.1. The Morgan fingerprint density at radius 3 is 2.11 bits per heavy atom. The Hall–Kier alpha value is -1.60. The minimum atomic E-state index is -3.40. The number of carbonyl (C=O) groups excluding carboxylic acids is 1. The Kier molecular flexibility index (Phi) is 10.4. The first kappa shape index (κ1) is 23.4. The number of carbonyl (C=O) groups is 1. The van der Waals surface area contributed by atoms with Crippen molar-refractivity contribution in [3.05, 3.63) is 30.3 Å². The lowest BCUT2D eigenvalue weighted by Crippen LogP contribution is -2.47. The van der Waals surface area contributed by atoms with Gasteiger partial charge < -0.3 is 15.1 Å². The van der Waals surface area contributed by atoms with Gasteiger partial charge in [0.05, 0.1) is 10.6 Å². The van der Waals surface area contributed by atoms with Gasteiger partial charge in [-0.2, -0.15) is 0 Å². The smallest absolute Gasteiger partial charge is 0.317 e. The number of rotatable bonds is 12. The van der Waals surface area contributed by atoms with Crippen molar-refractivity contribution in [2.24, 2.45) is 0 Å². The SMILES string of the molecule is CCCN(CCC)CCNC(=O)N(CCS(=O)(=O)c1ccccc1)C(C)C. The first-order chi connectivity index (χ1) is 12.8. The summed E-state index contributed by atoms with van der Waals surface area (Å²) in [5, 5.41) is 2.94. The summed E-state index contributed by atoms with van der Waals surface area (Å²) in [5.74, 6) is -0.0829. The van der Waals surface area contributed by atoms with Gasteiger partial charge in [-0.25, -0.2) is 13.2 Å². The van der Waals surface area contributed by atoms with E-state index in [2.05, 4.69) is 24.1 Å². The molecule has 0 spiro atoms. The van der Waals surface area contributed by atoms with Crippen molar-refractivity contribution in [3.8, 4) is 0 Å². The zero-order valence-corrected chi connectivity index (χ0v) is 18.0. The molecule has 6 nitrogen and oxygen atoms in total. The average molecular weight is 398 g/mol. The van der Waals surface area contributed by atoms with E-state index in [0.29, 0.717) is 11.4 Å². The van der Waals surface area contributed by atoms with Crippen molar-refractivity contribution in [1.82, 2.24) is 15.1 Å². The van der Waals surface area contributed by atoms with Gasteiger partial charge in [0, 0.05) is 25.7 Å². The van der Waals surface area contributed by atoms with Crippen LogP contribution in [0.2, 0.25) is 0 Å². The summed E-state index contributed by atoms with van der Waals surface area (Å²) < 4.78 is 24.9. The van der Waals surface area contributed by atoms with E-state index in [4.69, 9.17) is 0 Å². The van der Waals surface area contributed by atoms with Gasteiger partial charge in [0.1, 0.15) is 0 Å². The van der Waals surface area contributed by atoms with Crippen molar-refractivity contribution in [2.45, 2.75) is 51.5 Å². The molecule has 0 aliphatic rings. The van der Waals surface area contributed by atoms with Crippen molar-refractivity contribution >= 4 is 15.9 Å². The van der Waals surface area contributed by atoms with Crippen molar-refractivity contribution in [1.29, 1.82) is 0 Å². The van der Waals surface area contributed by atoms with Gasteiger partial charge in [-0.15, -0.1) is 0 Å². The minimum absolute atomic E-state index is 0.0710. The quantitative estimate of drug-likeness (QED) is 0.589. The highest BCUT2D eigenvalue weighted by atomic mass is 32.2. The lowest BCUT2D eigenvalue weighted by Gasteiger charge is -2.28. The third-order valence-electron chi connectivity index (χ3n) is 4.37. The second-order valence-electron chi connectivity index (χ2n) is 6.99. The third-order valence-corrected chi connectivity index (χ3v) is 6.08. The van der Waals surface area contributed by atoms with Crippen LogP contribution in [0.15, 0.2) is 35.2 Å². The molecule has 27 heavy (non-hydrogen) atoms. The molecule has 0 aromatic heterocycles. The van der Waals surface area contributed by atoms with E-state index < -0.39 is 9.84 Å². The molecular weight excluding hydrogens is 362 g/mol. The van der Waals surface area contributed by atoms with Crippen LogP contribution >= 0.6 is 0 Å². The molecule has 1 aromatic rings. The number of sulfone groups is 1. The topological polar surface area (TPSA) is 69.7 Å². The summed E-state index contributed by atoms with van der Waals surface area (Å²) in [6.07, 6.45) is 2.17. The summed E-state index contributed by atoms with van der Waals surface area (Å²) in [5.41, 5.74) is 0. The molecular formula is C20H35N3O3S. The normalized spacial score (nSPS) is 11.8. The summed E-state index contributed by atoms with van der Waals surface area (Å²) in [4.78, 5) is 16.8. The number of urea groups is 1. The minimum Gasteiger partial charge on any atom is -0.337 e. The highest BCUT2D eigenvalue weighted by Gasteiger charge is 2.21. The number of hydrogen-bond donors (Lipinski definition) is 1. The predicted molar refractivity (Wildman–Crippen MR) is 111 cm³/mol. The maximum Gasteiger partial charge on any atom is 0.317 e. The van der Waals surface area contributed by atoms with Crippen LogP contribution in [0.1, 0.15) is 40.5 Å². The van der Waals surface area contributed by atoms with E-state index in [1.807, 2.05) is 13.8 Å². The molecule has 1 rings (SSSR count). The van der Waals surface area contributed by atoms with Crippen molar-refractivity contribution in [2.75, 3.05) is 38.5 Å². The first-order valence-corrected chi connectivity index (χ1v) is 11.5. The number of nitrogens with zero attached hydrogens (tertiary/aromatic N) is 2. The largest absolute Gasteiger partial charge is 0.337 e. The van der Waals surface area contributed by atoms with Crippen LogP contribution in [-0.2, 0) is 9.84 Å². The average Bonchev–Trinajstić information content (AvgIpc) is 2.62. The molecule has 1 aromatic carbocycles.